The fraction of sp³-hybridized carbons (Fsp3) is 0.125. The minimum absolute atomic E-state index is 0. The summed E-state index contributed by atoms with van der Waals surface area (Å²) in [6, 6.07) is 6.94. The zero-order valence-electron chi connectivity index (χ0n) is 8.41. The summed E-state index contributed by atoms with van der Waals surface area (Å²) < 4.78 is 4.90. The molecular weight excluding hydrogens is 152 g/mol. The molecule has 0 atom stereocenters. The first-order valence-electron chi connectivity index (χ1n) is 2.96. The van der Waals surface area contributed by atoms with Gasteiger partial charge in [0, 0.05) is 5.56 Å². The maximum atomic E-state index is 10.2. The van der Waals surface area contributed by atoms with E-state index in [1.165, 1.54) is 0 Å². The molecule has 0 aliphatic carbocycles. The van der Waals surface area contributed by atoms with E-state index in [-0.39, 0.29) is 25.9 Å². The van der Waals surface area contributed by atoms with Gasteiger partial charge in [0.15, 0.2) is 0 Å². The molecule has 1 aromatic carbocycles. The maximum Gasteiger partial charge on any atom is 2.00 e. The van der Waals surface area contributed by atoms with E-state index in [2.05, 4.69) is 0 Å². The number of hydrogen-bond acceptors (Lipinski definition) is 2. The van der Waals surface area contributed by atoms with Crippen molar-refractivity contribution in [2.24, 2.45) is 0 Å². The minimum atomic E-state index is 0. The third-order valence-corrected chi connectivity index (χ3v) is 1.25. The van der Waals surface area contributed by atoms with Gasteiger partial charge in [0.25, 0.3) is 0 Å². The van der Waals surface area contributed by atoms with Gasteiger partial charge in [-0.2, -0.15) is 0 Å². The fourth-order valence-electron chi connectivity index (χ4n) is 0.682. The molecule has 0 heterocycles. The Morgan fingerprint density at radius 3 is 2.27 bits per heavy atom. The number of carbonyl (C=O) groups excluding carboxylic acids is 1. The van der Waals surface area contributed by atoms with Gasteiger partial charge in [-0.05, 0) is 24.3 Å². The van der Waals surface area contributed by atoms with Crippen LogP contribution in [0.3, 0.4) is 0 Å². The predicted octanol–water partition coefficient (Wildman–Crippen LogP) is 1.35. The standard InChI is InChI=1S/C8H8O2.Mg.2H/c1-10-8-4-2-7(6-9)3-5-8;;;/h2-6H,1H3;;;/q;+2;2*-1. The second-order valence-corrected chi connectivity index (χ2v) is 1.89. The molecule has 0 spiro atoms. The van der Waals surface area contributed by atoms with Crippen LogP contribution in [0.15, 0.2) is 24.3 Å². The van der Waals surface area contributed by atoms with Gasteiger partial charge >= 0.3 is 23.1 Å². The van der Waals surface area contributed by atoms with Crippen LogP contribution < -0.4 is 4.74 Å². The van der Waals surface area contributed by atoms with E-state index in [9.17, 15) is 4.79 Å². The summed E-state index contributed by atoms with van der Waals surface area (Å²) >= 11 is 0. The summed E-state index contributed by atoms with van der Waals surface area (Å²) in [4.78, 5) is 10.2. The summed E-state index contributed by atoms with van der Waals surface area (Å²) in [5.41, 5.74) is 0.667. The van der Waals surface area contributed by atoms with Gasteiger partial charge in [-0.25, -0.2) is 0 Å². The van der Waals surface area contributed by atoms with E-state index in [4.69, 9.17) is 4.74 Å². The van der Waals surface area contributed by atoms with Crippen molar-refractivity contribution in [1.29, 1.82) is 0 Å². The van der Waals surface area contributed by atoms with Crippen LogP contribution in [0.5, 0.6) is 5.75 Å². The van der Waals surface area contributed by atoms with Crippen LogP contribution in [0, 0.1) is 0 Å². The van der Waals surface area contributed by atoms with Crippen molar-refractivity contribution in [3.8, 4) is 5.75 Å². The molecule has 0 aliphatic heterocycles. The molecule has 0 saturated heterocycles. The van der Waals surface area contributed by atoms with Gasteiger partial charge in [0.05, 0.1) is 7.11 Å². The van der Waals surface area contributed by atoms with Crippen molar-refractivity contribution in [3.05, 3.63) is 29.8 Å². The number of benzene rings is 1. The number of carbonyl (C=O) groups is 1. The van der Waals surface area contributed by atoms with Crippen LogP contribution in [0.2, 0.25) is 0 Å². The Labute approximate surface area is 84.7 Å². The van der Waals surface area contributed by atoms with Crippen LogP contribution in [0.1, 0.15) is 13.2 Å². The first-order chi connectivity index (χ1) is 4.86. The summed E-state index contributed by atoms with van der Waals surface area (Å²) in [6.07, 6.45) is 0.805. The molecule has 56 valence electrons. The Hall–Kier alpha value is -0.544. The molecule has 3 heteroatoms. The zero-order chi connectivity index (χ0) is 7.40. The first kappa shape index (κ1) is 10.5. The Bertz CT molecular complexity index is 226. The molecule has 0 fully saturated rings. The molecule has 0 unspecified atom stereocenters. The molecule has 1 rings (SSSR count). The van der Waals surface area contributed by atoms with E-state index < -0.39 is 0 Å². The van der Waals surface area contributed by atoms with Crippen molar-refractivity contribution in [2.75, 3.05) is 7.11 Å². The van der Waals surface area contributed by atoms with Crippen molar-refractivity contribution in [2.45, 2.75) is 0 Å². The smallest absolute Gasteiger partial charge is 1.00 e. The van der Waals surface area contributed by atoms with Crippen LogP contribution in [0.4, 0.5) is 0 Å². The van der Waals surface area contributed by atoms with Crippen molar-refractivity contribution in [3.63, 3.8) is 0 Å². The number of rotatable bonds is 2. The van der Waals surface area contributed by atoms with Crippen LogP contribution in [-0.2, 0) is 0 Å². The Morgan fingerprint density at radius 1 is 1.36 bits per heavy atom. The van der Waals surface area contributed by atoms with Crippen LogP contribution >= 0.6 is 0 Å². The van der Waals surface area contributed by atoms with Crippen molar-refractivity contribution < 1.29 is 12.4 Å². The molecule has 0 radical (unpaired) electrons. The number of ether oxygens (including phenoxy) is 1. The quantitative estimate of drug-likeness (QED) is 0.485. The largest absolute Gasteiger partial charge is 2.00 e. The van der Waals surface area contributed by atoms with Crippen molar-refractivity contribution in [1.82, 2.24) is 0 Å². The molecule has 0 amide bonds. The maximum absolute atomic E-state index is 10.2. The van der Waals surface area contributed by atoms with E-state index in [0.717, 1.165) is 12.0 Å². The van der Waals surface area contributed by atoms with Crippen LogP contribution in [-0.4, -0.2) is 36.4 Å². The van der Waals surface area contributed by atoms with E-state index >= 15 is 0 Å². The van der Waals surface area contributed by atoms with Gasteiger partial charge in [0.2, 0.25) is 0 Å². The van der Waals surface area contributed by atoms with E-state index in [1.54, 1.807) is 31.4 Å². The fourth-order valence-corrected chi connectivity index (χ4v) is 0.682. The Kier molecular flexibility index (Phi) is 4.90. The first-order valence-corrected chi connectivity index (χ1v) is 2.96. The second kappa shape index (κ2) is 5.15. The molecule has 1 aromatic rings. The summed E-state index contributed by atoms with van der Waals surface area (Å²) in [5.74, 6) is 0.769. The average molecular weight is 162 g/mol. The summed E-state index contributed by atoms with van der Waals surface area (Å²) in [5, 5.41) is 0. The van der Waals surface area contributed by atoms with Gasteiger partial charge in [-0.3, -0.25) is 4.79 Å². The number of hydrogen-bond donors (Lipinski definition) is 0. The summed E-state index contributed by atoms with van der Waals surface area (Å²) in [7, 11) is 1.59. The normalized spacial score (nSPS) is 8.09. The predicted molar refractivity (Wildman–Crippen MR) is 46.4 cm³/mol. The molecule has 0 bridgehead atoms. The van der Waals surface area contributed by atoms with Gasteiger partial charge in [-0.15, -0.1) is 0 Å². The molecule has 11 heavy (non-hydrogen) atoms. The topological polar surface area (TPSA) is 26.3 Å². The summed E-state index contributed by atoms with van der Waals surface area (Å²) in [6.45, 7) is 0. The molecule has 0 aliphatic rings. The SMILES string of the molecule is COc1ccc(C=O)cc1.[H-].[H-].[Mg+2]. The Balaban J connectivity index is -0.000000333. The van der Waals surface area contributed by atoms with Gasteiger partial charge < -0.3 is 7.59 Å². The van der Waals surface area contributed by atoms with Gasteiger partial charge in [0.1, 0.15) is 12.0 Å². The van der Waals surface area contributed by atoms with Crippen molar-refractivity contribution >= 4 is 29.3 Å². The van der Waals surface area contributed by atoms with E-state index in [0.29, 0.717) is 5.56 Å². The molecule has 2 nitrogen and oxygen atoms in total. The van der Waals surface area contributed by atoms with Gasteiger partial charge in [-0.1, -0.05) is 0 Å². The number of aldehydes is 1. The zero-order valence-corrected chi connectivity index (χ0v) is 7.82. The Morgan fingerprint density at radius 2 is 1.91 bits per heavy atom. The average Bonchev–Trinajstić information content (AvgIpc) is 2.05. The van der Waals surface area contributed by atoms with E-state index in [1.807, 2.05) is 0 Å². The number of methoxy groups -OCH3 is 1. The minimum Gasteiger partial charge on any atom is -1.00 e. The second-order valence-electron chi connectivity index (χ2n) is 1.89. The molecular formula is C8H10MgO2. The molecule has 0 N–H and O–H groups in total. The van der Waals surface area contributed by atoms with Crippen LogP contribution in [0.25, 0.3) is 0 Å². The molecule has 0 saturated carbocycles. The molecule has 0 aromatic heterocycles. The third kappa shape index (κ3) is 2.90. The third-order valence-electron chi connectivity index (χ3n) is 1.25. The monoisotopic (exact) mass is 162 g/mol.